The number of amides is 1. The number of hydrogen-bond acceptors (Lipinski definition) is 4. The van der Waals surface area contributed by atoms with Crippen LogP contribution in [0.25, 0.3) is 6.08 Å². The van der Waals surface area contributed by atoms with Crippen LogP contribution in [0.4, 0.5) is 5.69 Å². The SMILES string of the molecule is CCN1C(=O)/C(=C/c2ccc(C(C)C)cc2)SC1=Nc1cccc(C(=O)O)c1. The van der Waals surface area contributed by atoms with Gasteiger partial charge in [0.25, 0.3) is 5.91 Å². The normalized spacial score (nSPS) is 17.1. The van der Waals surface area contributed by atoms with E-state index in [1.807, 2.05) is 25.1 Å². The van der Waals surface area contributed by atoms with E-state index in [0.717, 1.165) is 5.56 Å². The molecule has 2 aromatic carbocycles. The second-order valence-corrected chi connectivity index (χ2v) is 7.74. The Morgan fingerprint density at radius 3 is 2.54 bits per heavy atom. The molecule has 0 spiro atoms. The summed E-state index contributed by atoms with van der Waals surface area (Å²) in [6.07, 6.45) is 1.87. The summed E-state index contributed by atoms with van der Waals surface area (Å²) >= 11 is 1.31. The molecule has 0 radical (unpaired) electrons. The molecule has 1 aliphatic heterocycles. The summed E-state index contributed by atoms with van der Waals surface area (Å²) in [5.74, 6) is -0.636. The summed E-state index contributed by atoms with van der Waals surface area (Å²) in [5, 5.41) is 9.70. The molecule has 0 atom stereocenters. The quantitative estimate of drug-likeness (QED) is 0.714. The van der Waals surface area contributed by atoms with E-state index >= 15 is 0 Å². The van der Waals surface area contributed by atoms with E-state index in [2.05, 4.69) is 31.0 Å². The fraction of sp³-hybridized carbons (Fsp3) is 0.227. The zero-order valence-electron chi connectivity index (χ0n) is 16.0. The van der Waals surface area contributed by atoms with Crippen LogP contribution in [0.2, 0.25) is 0 Å². The highest BCUT2D eigenvalue weighted by Gasteiger charge is 2.32. The Balaban J connectivity index is 1.90. The molecule has 1 amide bonds. The maximum Gasteiger partial charge on any atom is 0.335 e. The monoisotopic (exact) mass is 394 g/mol. The van der Waals surface area contributed by atoms with Gasteiger partial charge in [0.2, 0.25) is 0 Å². The van der Waals surface area contributed by atoms with Gasteiger partial charge in [-0.15, -0.1) is 0 Å². The van der Waals surface area contributed by atoms with E-state index in [4.69, 9.17) is 5.11 Å². The van der Waals surface area contributed by atoms with Crippen LogP contribution in [0, 0.1) is 0 Å². The van der Waals surface area contributed by atoms with Gasteiger partial charge in [-0.2, -0.15) is 0 Å². The lowest BCUT2D eigenvalue weighted by Crippen LogP contribution is -2.28. The Hall–Kier alpha value is -2.86. The van der Waals surface area contributed by atoms with Crippen LogP contribution in [-0.4, -0.2) is 33.6 Å². The number of benzene rings is 2. The molecule has 28 heavy (non-hydrogen) atoms. The van der Waals surface area contributed by atoms with Crippen molar-refractivity contribution in [1.29, 1.82) is 0 Å². The van der Waals surface area contributed by atoms with Crippen LogP contribution >= 0.6 is 11.8 Å². The van der Waals surface area contributed by atoms with Gasteiger partial charge in [-0.1, -0.05) is 44.2 Å². The van der Waals surface area contributed by atoms with Crippen LogP contribution in [0.1, 0.15) is 48.2 Å². The van der Waals surface area contributed by atoms with Crippen molar-refractivity contribution in [2.24, 2.45) is 4.99 Å². The Kier molecular flexibility index (Phi) is 5.99. The van der Waals surface area contributed by atoms with Gasteiger partial charge in [0.05, 0.1) is 16.2 Å². The molecule has 1 heterocycles. The number of thioether (sulfide) groups is 1. The lowest BCUT2D eigenvalue weighted by Gasteiger charge is -2.12. The topological polar surface area (TPSA) is 70.0 Å². The zero-order valence-corrected chi connectivity index (χ0v) is 16.9. The first-order valence-electron chi connectivity index (χ1n) is 9.12. The van der Waals surface area contributed by atoms with Gasteiger partial charge in [0.15, 0.2) is 5.17 Å². The van der Waals surface area contributed by atoms with Crippen molar-refractivity contribution in [1.82, 2.24) is 4.90 Å². The summed E-state index contributed by atoms with van der Waals surface area (Å²) in [4.78, 5) is 30.6. The molecule has 0 aliphatic carbocycles. The maximum absolute atomic E-state index is 12.8. The van der Waals surface area contributed by atoms with E-state index in [0.29, 0.717) is 28.2 Å². The molecule has 2 aromatic rings. The van der Waals surface area contributed by atoms with Gasteiger partial charge >= 0.3 is 5.97 Å². The van der Waals surface area contributed by atoms with Gasteiger partial charge in [-0.3, -0.25) is 9.69 Å². The molecule has 0 bridgehead atoms. The van der Waals surface area contributed by atoms with Crippen molar-refractivity contribution in [2.75, 3.05) is 6.54 Å². The standard InChI is InChI=1S/C22H22N2O3S/c1-4-24-20(25)19(12-15-8-10-16(11-9-15)14(2)3)28-22(24)23-18-7-5-6-17(13-18)21(26)27/h5-14H,4H2,1-3H3,(H,26,27)/b19-12-,23-22?. The van der Waals surface area contributed by atoms with Gasteiger partial charge in [-0.05, 0) is 60.0 Å². The lowest BCUT2D eigenvalue weighted by atomic mass is 10.0. The molecule has 1 aliphatic rings. The number of hydrogen-bond donors (Lipinski definition) is 1. The summed E-state index contributed by atoms with van der Waals surface area (Å²) in [6.45, 7) is 6.67. The van der Waals surface area contributed by atoms with Crippen LogP contribution < -0.4 is 0 Å². The summed E-state index contributed by atoms with van der Waals surface area (Å²) in [5.41, 5.74) is 2.89. The Morgan fingerprint density at radius 2 is 1.93 bits per heavy atom. The van der Waals surface area contributed by atoms with Crippen molar-refractivity contribution in [3.05, 3.63) is 70.1 Å². The van der Waals surface area contributed by atoms with Crippen molar-refractivity contribution in [3.63, 3.8) is 0 Å². The van der Waals surface area contributed by atoms with Crippen LogP contribution in [-0.2, 0) is 4.79 Å². The smallest absolute Gasteiger partial charge is 0.335 e. The number of carboxylic acids is 1. The average molecular weight is 394 g/mol. The van der Waals surface area contributed by atoms with Gasteiger partial charge < -0.3 is 5.11 Å². The van der Waals surface area contributed by atoms with Crippen molar-refractivity contribution >= 4 is 40.6 Å². The second kappa shape index (κ2) is 8.44. The number of nitrogens with zero attached hydrogens (tertiary/aromatic N) is 2. The third-order valence-corrected chi connectivity index (χ3v) is 5.43. The molecule has 6 heteroatoms. The highest BCUT2D eigenvalue weighted by Crippen LogP contribution is 2.34. The van der Waals surface area contributed by atoms with Crippen LogP contribution in [0.5, 0.6) is 0 Å². The molecular weight excluding hydrogens is 372 g/mol. The van der Waals surface area contributed by atoms with Gasteiger partial charge in [0.1, 0.15) is 0 Å². The molecule has 144 valence electrons. The summed E-state index contributed by atoms with van der Waals surface area (Å²) in [7, 11) is 0. The minimum atomic E-state index is -1.00. The van der Waals surface area contributed by atoms with Gasteiger partial charge in [-0.25, -0.2) is 9.79 Å². The predicted molar refractivity (Wildman–Crippen MR) is 114 cm³/mol. The first-order chi connectivity index (χ1) is 13.4. The fourth-order valence-electron chi connectivity index (χ4n) is 2.82. The average Bonchev–Trinajstić information content (AvgIpc) is 2.96. The van der Waals surface area contributed by atoms with Crippen LogP contribution in [0.3, 0.4) is 0 Å². The molecule has 0 saturated carbocycles. The number of carboxylic acid groups (broad SMARTS) is 1. The maximum atomic E-state index is 12.8. The lowest BCUT2D eigenvalue weighted by molar-refractivity contribution is -0.122. The third kappa shape index (κ3) is 4.34. The van der Waals surface area contributed by atoms with Crippen molar-refractivity contribution in [3.8, 4) is 0 Å². The first-order valence-corrected chi connectivity index (χ1v) is 9.94. The van der Waals surface area contributed by atoms with E-state index in [-0.39, 0.29) is 11.5 Å². The Morgan fingerprint density at radius 1 is 1.21 bits per heavy atom. The number of carbonyl (C=O) groups excluding carboxylic acids is 1. The highest BCUT2D eigenvalue weighted by molar-refractivity contribution is 8.18. The minimum absolute atomic E-state index is 0.0893. The molecule has 0 aromatic heterocycles. The molecule has 1 fully saturated rings. The number of amidine groups is 1. The molecule has 1 N–H and O–H groups in total. The number of likely N-dealkylation sites (N-methyl/N-ethyl adjacent to an activating group) is 1. The fourth-order valence-corrected chi connectivity index (χ4v) is 3.88. The number of aliphatic imine (C=N–C) groups is 1. The number of carbonyl (C=O) groups is 2. The molecule has 5 nitrogen and oxygen atoms in total. The Bertz CT molecular complexity index is 962. The van der Waals surface area contributed by atoms with E-state index < -0.39 is 5.97 Å². The molecular formula is C22H22N2O3S. The summed E-state index contributed by atoms with van der Waals surface area (Å²) < 4.78 is 0. The number of rotatable bonds is 5. The van der Waals surface area contributed by atoms with E-state index in [1.54, 1.807) is 17.0 Å². The molecule has 0 unspecified atom stereocenters. The summed E-state index contributed by atoms with van der Waals surface area (Å²) in [6, 6.07) is 14.6. The van der Waals surface area contributed by atoms with Crippen molar-refractivity contribution < 1.29 is 14.7 Å². The Labute approximate surface area is 168 Å². The van der Waals surface area contributed by atoms with Crippen molar-refractivity contribution in [2.45, 2.75) is 26.7 Å². The molecule has 1 saturated heterocycles. The largest absolute Gasteiger partial charge is 0.478 e. The van der Waals surface area contributed by atoms with E-state index in [1.165, 1.54) is 29.5 Å². The number of aromatic carboxylic acids is 1. The van der Waals surface area contributed by atoms with Crippen LogP contribution in [0.15, 0.2) is 58.4 Å². The molecule has 3 rings (SSSR count). The second-order valence-electron chi connectivity index (χ2n) is 6.73. The third-order valence-electron chi connectivity index (χ3n) is 4.42. The highest BCUT2D eigenvalue weighted by atomic mass is 32.2. The minimum Gasteiger partial charge on any atom is -0.478 e. The first kappa shape index (κ1) is 19.9. The zero-order chi connectivity index (χ0) is 20.3. The predicted octanol–water partition coefficient (Wildman–Crippen LogP) is 5.13. The van der Waals surface area contributed by atoms with Gasteiger partial charge in [0, 0.05) is 6.54 Å². The van der Waals surface area contributed by atoms with E-state index in [9.17, 15) is 9.59 Å².